The summed E-state index contributed by atoms with van der Waals surface area (Å²) in [6, 6.07) is 7.95. The van der Waals surface area contributed by atoms with Crippen LogP contribution in [0.1, 0.15) is 36.8 Å². The molecule has 2 N–H and O–H groups in total. The summed E-state index contributed by atoms with van der Waals surface area (Å²) in [4.78, 5) is 42.4. The fourth-order valence-electron chi connectivity index (χ4n) is 2.08. The third kappa shape index (κ3) is 6.90. The number of hydrogen-bond donors (Lipinski definition) is 2. The number of nitrogens with one attached hydrogen (secondary N) is 2. The smallest absolute Gasteiger partial charge is 0.338 e. The van der Waals surface area contributed by atoms with Gasteiger partial charge in [0.1, 0.15) is 0 Å². The zero-order chi connectivity index (χ0) is 19.8. The summed E-state index contributed by atoms with van der Waals surface area (Å²) in [7, 11) is 0. The maximum Gasteiger partial charge on any atom is 0.338 e. The number of hydrogen-bond acceptors (Lipinski definition) is 6. The molecule has 0 unspecified atom stereocenters. The monoisotopic (exact) mass is 389 g/mol. The molecular formula is C19H23N3O4S. The van der Waals surface area contributed by atoms with Crippen molar-refractivity contribution in [2.45, 2.75) is 32.3 Å². The van der Waals surface area contributed by atoms with Gasteiger partial charge in [0.2, 0.25) is 5.91 Å². The molecule has 0 aliphatic carbocycles. The van der Waals surface area contributed by atoms with Crippen molar-refractivity contribution >= 4 is 29.3 Å². The second-order valence-corrected chi connectivity index (χ2v) is 7.27. The number of rotatable bonds is 8. The maximum atomic E-state index is 12.1. The second-order valence-electron chi connectivity index (χ2n) is 6.30. The van der Waals surface area contributed by atoms with Crippen LogP contribution in [0.2, 0.25) is 0 Å². The van der Waals surface area contributed by atoms with Gasteiger partial charge >= 0.3 is 5.97 Å². The van der Waals surface area contributed by atoms with Gasteiger partial charge in [0.25, 0.3) is 5.56 Å². The van der Waals surface area contributed by atoms with Crippen molar-refractivity contribution in [3.8, 4) is 0 Å². The molecule has 0 saturated carbocycles. The lowest BCUT2D eigenvalue weighted by atomic mass is 10.2. The summed E-state index contributed by atoms with van der Waals surface area (Å²) in [5.41, 5.74) is 1.46. The minimum Gasteiger partial charge on any atom is -0.462 e. The van der Waals surface area contributed by atoms with E-state index in [1.54, 1.807) is 24.3 Å². The van der Waals surface area contributed by atoms with E-state index >= 15 is 0 Å². The average molecular weight is 389 g/mol. The molecule has 2 rings (SSSR count). The molecule has 0 aliphatic heterocycles. The van der Waals surface area contributed by atoms with Crippen LogP contribution in [0.3, 0.4) is 0 Å². The molecular weight excluding hydrogens is 366 g/mol. The molecule has 0 aliphatic rings. The summed E-state index contributed by atoms with van der Waals surface area (Å²) < 4.78 is 5.16. The first-order valence-electron chi connectivity index (χ1n) is 8.67. The third-order valence-corrected chi connectivity index (χ3v) is 4.30. The number of esters is 1. The summed E-state index contributed by atoms with van der Waals surface area (Å²) >= 11 is 1.16. The Kier molecular flexibility index (Phi) is 7.60. The number of H-pyrrole nitrogens is 1. The van der Waals surface area contributed by atoms with Crippen molar-refractivity contribution < 1.29 is 14.3 Å². The molecule has 0 bridgehead atoms. The van der Waals surface area contributed by atoms with Crippen LogP contribution in [0.5, 0.6) is 0 Å². The van der Waals surface area contributed by atoms with Gasteiger partial charge in [-0.05, 0) is 36.6 Å². The minimum absolute atomic E-state index is 0.105. The molecule has 144 valence electrons. The van der Waals surface area contributed by atoms with Crippen LogP contribution < -0.4 is 10.9 Å². The molecule has 8 heteroatoms. The SMILES string of the molecule is CCc1cc(=O)[nH]c(SCC(=O)Nc2ccc(C(=O)OCC(C)C)cc2)n1. The second kappa shape index (κ2) is 9.91. The zero-order valence-corrected chi connectivity index (χ0v) is 16.4. The van der Waals surface area contributed by atoms with Crippen LogP contribution >= 0.6 is 11.8 Å². The third-order valence-electron chi connectivity index (χ3n) is 3.43. The predicted octanol–water partition coefficient (Wildman–Crippen LogP) is 2.88. The van der Waals surface area contributed by atoms with E-state index in [0.717, 1.165) is 11.8 Å². The summed E-state index contributed by atoms with van der Waals surface area (Å²) in [5.74, 6) is -0.246. The van der Waals surface area contributed by atoms with Gasteiger partial charge in [-0.3, -0.25) is 9.59 Å². The first kappa shape index (κ1) is 20.7. The summed E-state index contributed by atoms with van der Waals surface area (Å²) in [6.07, 6.45) is 0.648. The Hall–Kier alpha value is -2.61. The maximum absolute atomic E-state index is 12.1. The molecule has 1 aromatic carbocycles. The van der Waals surface area contributed by atoms with E-state index in [4.69, 9.17) is 4.74 Å². The van der Waals surface area contributed by atoms with Gasteiger partial charge in [-0.2, -0.15) is 0 Å². The van der Waals surface area contributed by atoms with Crippen LogP contribution in [-0.2, 0) is 16.0 Å². The lowest BCUT2D eigenvalue weighted by Gasteiger charge is -2.08. The predicted molar refractivity (Wildman–Crippen MR) is 105 cm³/mol. The first-order chi connectivity index (χ1) is 12.9. The highest BCUT2D eigenvalue weighted by Crippen LogP contribution is 2.14. The number of nitrogens with zero attached hydrogens (tertiary/aromatic N) is 1. The van der Waals surface area contributed by atoms with Crippen molar-refractivity contribution in [1.82, 2.24) is 9.97 Å². The zero-order valence-electron chi connectivity index (χ0n) is 15.6. The minimum atomic E-state index is -0.386. The number of ether oxygens (including phenoxy) is 1. The number of aromatic nitrogens is 2. The highest BCUT2D eigenvalue weighted by Gasteiger charge is 2.10. The van der Waals surface area contributed by atoms with Gasteiger partial charge in [-0.15, -0.1) is 0 Å². The Balaban J connectivity index is 1.88. The van der Waals surface area contributed by atoms with Crippen LogP contribution in [0, 0.1) is 5.92 Å². The van der Waals surface area contributed by atoms with Crippen LogP contribution in [0.25, 0.3) is 0 Å². The molecule has 0 saturated heterocycles. The topological polar surface area (TPSA) is 101 Å². The van der Waals surface area contributed by atoms with Crippen LogP contribution in [-0.4, -0.2) is 34.2 Å². The molecule has 0 spiro atoms. The highest BCUT2D eigenvalue weighted by molar-refractivity contribution is 7.99. The van der Waals surface area contributed by atoms with E-state index in [1.807, 2.05) is 20.8 Å². The van der Waals surface area contributed by atoms with E-state index in [-0.39, 0.29) is 29.1 Å². The first-order valence-corrected chi connectivity index (χ1v) is 9.66. The van der Waals surface area contributed by atoms with Crippen molar-refractivity contribution in [3.63, 3.8) is 0 Å². The summed E-state index contributed by atoms with van der Waals surface area (Å²) in [5, 5.41) is 3.15. The van der Waals surface area contributed by atoms with E-state index in [9.17, 15) is 14.4 Å². The fourth-order valence-corrected chi connectivity index (χ4v) is 2.77. The van der Waals surface area contributed by atoms with Gasteiger partial charge in [0.15, 0.2) is 5.16 Å². The van der Waals surface area contributed by atoms with Gasteiger partial charge < -0.3 is 15.0 Å². The van der Waals surface area contributed by atoms with Crippen molar-refractivity contribution in [2.75, 3.05) is 17.7 Å². The van der Waals surface area contributed by atoms with Gasteiger partial charge in [0.05, 0.1) is 17.9 Å². The molecule has 0 fully saturated rings. The number of benzene rings is 1. The molecule has 1 amide bonds. The Morgan fingerprint density at radius 2 is 1.96 bits per heavy atom. The lowest BCUT2D eigenvalue weighted by Crippen LogP contribution is -2.16. The Morgan fingerprint density at radius 3 is 2.59 bits per heavy atom. The Labute approximate surface area is 161 Å². The number of carbonyl (C=O) groups excluding carboxylic acids is 2. The Morgan fingerprint density at radius 1 is 1.26 bits per heavy atom. The van der Waals surface area contributed by atoms with Crippen molar-refractivity contribution in [1.29, 1.82) is 0 Å². The largest absolute Gasteiger partial charge is 0.462 e. The number of amides is 1. The average Bonchev–Trinajstić information content (AvgIpc) is 2.64. The number of anilines is 1. The highest BCUT2D eigenvalue weighted by atomic mass is 32.2. The van der Waals surface area contributed by atoms with Crippen LogP contribution in [0.15, 0.2) is 40.3 Å². The fraction of sp³-hybridized carbons (Fsp3) is 0.368. The van der Waals surface area contributed by atoms with E-state index in [2.05, 4.69) is 15.3 Å². The summed E-state index contributed by atoms with van der Waals surface area (Å²) in [6.45, 7) is 6.20. The number of thioether (sulfide) groups is 1. The van der Waals surface area contributed by atoms with Crippen molar-refractivity contribution in [2.24, 2.45) is 5.92 Å². The normalized spacial score (nSPS) is 10.7. The molecule has 1 aromatic heterocycles. The standard InChI is InChI=1S/C19H23N3O4S/c1-4-14-9-16(23)22-19(21-14)27-11-17(24)20-15-7-5-13(6-8-15)18(25)26-10-12(2)3/h5-9,12H,4,10-11H2,1-3H3,(H,20,24)(H,21,22,23). The number of carbonyl (C=O) groups is 2. The quantitative estimate of drug-likeness (QED) is 0.409. The number of aryl methyl sites for hydroxylation is 1. The molecule has 27 heavy (non-hydrogen) atoms. The van der Waals surface area contributed by atoms with Crippen LogP contribution in [0.4, 0.5) is 5.69 Å². The van der Waals surface area contributed by atoms with E-state index in [0.29, 0.717) is 35.1 Å². The Bertz CT molecular complexity index is 847. The molecule has 1 heterocycles. The molecule has 0 atom stereocenters. The number of aromatic amines is 1. The van der Waals surface area contributed by atoms with Gasteiger partial charge in [-0.1, -0.05) is 32.5 Å². The lowest BCUT2D eigenvalue weighted by molar-refractivity contribution is -0.113. The van der Waals surface area contributed by atoms with E-state index < -0.39 is 0 Å². The van der Waals surface area contributed by atoms with Crippen molar-refractivity contribution in [3.05, 3.63) is 51.9 Å². The van der Waals surface area contributed by atoms with Gasteiger partial charge in [-0.25, -0.2) is 9.78 Å². The molecule has 2 aromatic rings. The molecule has 0 radical (unpaired) electrons. The van der Waals surface area contributed by atoms with E-state index in [1.165, 1.54) is 6.07 Å². The molecule has 7 nitrogen and oxygen atoms in total. The van der Waals surface area contributed by atoms with Gasteiger partial charge in [0, 0.05) is 17.4 Å².